The number of carbonyl (C=O) groups excluding carboxylic acids is 2. The van der Waals surface area contributed by atoms with E-state index in [4.69, 9.17) is 16.3 Å². The van der Waals surface area contributed by atoms with E-state index in [-0.39, 0.29) is 40.4 Å². The minimum atomic E-state index is -4.36. The number of aryl methyl sites for hydroxylation is 1. The van der Waals surface area contributed by atoms with Gasteiger partial charge >= 0.3 is 0 Å². The maximum absolute atomic E-state index is 14.6. The summed E-state index contributed by atoms with van der Waals surface area (Å²) in [5.74, 6) is -1.33. The number of rotatable bonds is 14. The highest BCUT2D eigenvalue weighted by Gasteiger charge is 2.36. The normalized spacial score (nSPS) is 12.6. The molecule has 0 heterocycles. The summed E-state index contributed by atoms with van der Waals surface area (Å²) >= 11 is 6.34. The maximum Gasteiger partial charge on any atom is 0.264 e. The van der Waals surface area contributed by atoms with Crippen LogP contribution in [0.3, 0.4) is 0 Å². The summed E-state index contributed by atoms with van der Waals surface area (Å²) in [4.78, 5) is 29.8. The van der Waals surface area contributed by atoms with Gasteiger partial charge in [-0.1, -0.05) is 78.7 Å². The summed E-state index contributed by atoms with van der Waals surface area (Å²) in [7, 11) is -2.97. The molecule has 248 valence electrons. The zero-order chi connectivity index (χ0) is 34.1. The molecular formula is C36H39ClFN3O5S. The van der Waals surface area contributed by atoms with E-state index in [0.29, 0.717) is 12.0 Å². The van der Waals surface area contributed by atoms with Gasteiger partial charge < -0.3 is 15.0 Å². The van der Waals surface area contributed by atoms with Crippen molar-refractivity contribution < 1.29 is 27.1 Å². The second-order valence-corrected chi connectivity index (χ2v) is 13.6. The monoisotopic (exact) mass is 679 g/mol. The Morgan fingerprint density at radius 3 is 2.21 bits per heavy atom. The number of nitrogens with one attached hydrogen (secondary N) is 1. The van der Waals surface area contributed by atoms with Gasteiger partial charge in [0.25, 0.3) is 10.0 Å². The highest BCUT2D eigenvalue weighted by atomic mass is 35.5. The molecule has 2 amide bonds. The molecule has 0 unspecified atom stereocenters. The molecule has 0 bridgehead atoms. The number of sulfonamides is 1. The predicted octanol–water partition coefficient (Wildman–Crippen LogP) is 6.55. The molecule has 0 radical (unpaired) electrons. The number of halogens is 2. The van der Waals surface area contributed by atoms with Crippen LogP contribution in [-0.2, 0) is 32.6 Å². The molecule has 0 aromatic heterocycles. The summed E-state index contributed by atoms with van der Waals surface area (Å²) in [5.41, 5.74) is 2.27. The molecule has 0 saturated heterocycles. The van der Waals surface area contributed by atoms with E-state index in [2.05, 4.69) is 5.32 Å². The molecule has 8 nitrogen and oxygen atoms in total. The minimum Gasteiger partial charge on any atom is -0.495 e. The molecule has 4 rings (SSSR count). The smallest absolute Gasteiger partial charge is 0.264 e. The first-order valence-corrected chi connectivity index (χ1v) is 17.1. The van der Waals surface area contributed by atoms with Crippen molar-refractivity contribution in [3.63, 3.8) is 0 Å². The van der Waals surface area contributed by atoms with Crippen molar-refractivity contribution in [2.24, 2.45) is 0 Å². The van der Waals surface area contributed by atoms with E-state index in [9.17, 15) is 22.4 Å². The van der Waals surface area contributed by atoms with E-state index in [0.717, 1.165) is 15.4 Å². The largest absolute Gasteiger partial charge is 0.495 e. The Kier molecular flexibility index (Phi) is 12.0. The lowest BCUT2D eigenvalue weighted by Crippen LogP contribution is -2.54. The maximum atomic E-state index is 14.6. The number of amides is 2. The van der Waals surface area contributed by atoms with Gasteiger partial charge in [0.05, 0.1) is 17.7 Å². The van der Waals surface area contributed by atoms with Gasteiger partial charge in [-0.3, -0.25) is 13.9 Å². The first kappa shape index (κ1) is 35.4. The van der Waals surface area contributed by atoms with Crippen molar-refractivity contribution in [1.82, 2.24) is 10.2 Å². The Balaban J connectivity index is 1.85. The number of methoxy groups -OCH3 is 1. The van der Waals surface area contributed by atoms with Crippen molar-refractivity contribution >= 4 is 39.1 Å². The van der Waals surface area contributed by atoms with Crippen LogP contribution in [0, 0.1) is 12.7 Å². The molecule has 11 heteroatoms. The van der Waals surface area contributed by atoms with Crippen molar-refractivity contribution in [2.75, 3.05) is 18.0 Å². The summed E-state index contributed by atoms with van der Waals surface area (Å²) < 4.78 is 48.9. The topological polar surface area (TPSA) is 96.0 Å². The summed E-state index contributed by atoms with van der Waals surface area (Å²) in [5, 5.41) is 3.22. The molecular weight excluding hydrogens is 641 g/mol. The van der Waals surface area contributed by atoms with Gasteiger partial charge in [0.2, 0.25) is 11.8 Å². The molecule has 0 aliphatic carbocycles. The van der Waals surface area contributed by atoms with Crippen LogP contribution >= 0.6 is 11.6 Å². The number of hydrogen-bond donors (Lipinski definition) is 1. The Morgan fingerprint density at radius 2 is 1.60 bits per heavy atom. The van der Waals surface area contributed by atoms with Crippen molar-refractivity contribution in [1.29, 1.82) is 0 Å². The Labute approximate surface area is 281 Å². The first-order chi connectivity index (χ1) is 22.4. The van der Waals surface area contributed by atoms with Crippen LogP contribution in [-0.4, -0.2) is 50.9 Å². The van der Waals surface area contributed by atoms with Crippen LogP contribution in [0.25, 0.3) is 0 Å². The van der Waals surface area contributed by atoms with Crippen LogP contribution in [0.5, 0.6) is 5.75 Å². The van der Waals surface area contributed by atoms with Crippen LogP contribution in [0.4, 0.5) is 10.1 Å². The van der Waals surface area contributed by atoms with Gasteiger partial charge in [0.15, 0.2) is 0 Å². The van der Waals surface area contributed by atoms with Crippen molar-refractivity contribution in [3.05, 3.63) is 125 Å². The fraction of sp³-hybridized carbons (Fsp3) is 0.278. The minimum absolute atomic E-state index is 0.0432. The van der Waals surface area contributed by atoms with E-state index < -0.39 is 40.2 Å². The molecule has 0 aliphatic heterocycles. The number of benzene rings is 4. The Bertz CT molecular complexity index is 1770. The van der Waals surface area contributed by atoms with E-state index in [1.54, 1.807) is 18.2 Å². The van der Waals surface area contributed by atoms with Crippen LogP contribution in [0.1, 0.15) is 37.0 Å². The standard InChI is InChI=1S/C36H39ClFN3O5S/c1-5-26(3)39-36(43)33(21-27-9-7-6-8-10-27)40(23-28-13-16-30(38)17-14-28)35(42)24-41(32-22-29(37)15-20-34(32)46-4)47(44,45)31-18-11-25(2)12-19-31/h6-20,22,26,33H,5,21,23-24H2,1-4H3,(H,39,43)/t26-,33-/m1/s1. The highest BCUT2D eigenvalue weighted by Crippen LogP contribution is 2.35. The number of carbonyl (C=O) groups is 2. The third kappa shape index (κ3) is 9.11. The lowest BCUT2D eigenvalue weighted by Gasteiger charge is -2.34. The molecule has 2 atom stereocenters. The van der Waals surface area contributed by atoms with E-state index in [1.165, 1.54) is 60.5 Å². The molecule has 1 N–H and O–H groups in total. The third-order valence-corrected chi connectivity index (χ3v) is 9.84. The van der Waals surface area contributed by atoms with Crippen LogP contribution in [0.15, 0.2) is 102 Å². The number of ether oxygens (including phenoxy) is 1. The Hall–Kier alpha value is -4.41. The lowest BCUT2D eigenvalue weighted by atomic mass is 10.0. The number of hydrogen-bond acceptors (Lipinski definition) is 5. The molecule has 47 heavy (non-hydrogen) atoms. The van der Waals surface area contributed by atoms with Gasteiger partial charge in [-0.05, 0) is 73.9 Å². The molecule has 4 aromatic carbocycles. The first-order valence-electron chi connectivity index (χ1n) is 15.2. The molecule has 0 saturated carbocycles. The second-order valence-electron chi connectivity index (χ2n) is 11.3. The molecule has 0 fully saturated rings. The average molecular weight is 680 g/mol. The summed E-state index contributed by atoms with van der Waals surface area (Å²) in [6, 6.07) is 24.4. The van der Waals surface area contributed by atoms with E-state index >= 15 is 0 Å². The zero-order valence-electron chi connectivity index (χ0n) is 26.8. The van der Waals surface area contributed by atoms with Crippen molar-refractivity contribution in [3.8, 4) is 5.75 Å². The van der Waals surface area contributed by atoms with Gasteiger partial charge in [-0.2, -0.15) is 0 Å². The van der Waals surface area contributed by atoms with Gasteiger partial charge in [0, 0.05) is 24.0 Å². The average Bonchev–Trinajstić information content (AvgIpc) is 3.06. The van der Waals surface area contributed by atoms with Crippen LogP contribution < -0.4 is 14.4 Å². The molecule has 4 aromatic rings. The number of anilines is 1. The van der Waals surface area contributed by atoms with Gasteiger partial charge in [-0.15, -0.1) is 0 Å². The zero-order valence-corrected chi connectivity index (χ0v) is 28.4. The molecule has 0 spiro atoms. The quantitative estimate of drug-likeness (QED) is 0.163. The Morgan fingerprint density at radius 1 is 0.936 bits per heavy atom. The highest BCUT2D eigenvalue weighted by molar-refractivity contribution is 7.92. The summed E-state index contributed by atoms with van der Waals surface area (Å²) in [6.07, 6.45) is 0.814. The SMILES string of the molecule is CC[C@@H](C)NC(=O)[C@@H](Cc1ccccc1)N(Cc1ccc(F)cc1)C(=O)CN(c1cc(Cl)ccc1OC)S(=O)(=O)c1ccc(C)cc1. The summed E-state index contributed by atoms with van der Waals surface area (Å²) in [6.45, 7) is 4.86. The van der Waals surface area contributed by atoms with Crippen LogP contribution in [0.2, 0.25) is 5.02 Å². The molecule has 0 aliphatic rings. The fourth-order valence-corrected chi connectivity index (χ4v) is 6.57. The third-order valence-electron chi connectivity index (χ3n) is 7.84. The lowest BCUT2D eigenvalue weighted by molar-refractivity contribution is -0.140. The van der Waals surface area contributed by atoms with Gasteiger partial charge in [-0.25, -0.2) is 12.8 Å². The predicted molar refractivity (Wildman–Crippen MR) is 182 cm³/mol. The van der Waals surface area contributed by atoms with Crippen molar-refractivity contribution in [2.45, 2.75) is 57.1 Å². The second kappa shape index (κ2) is 15.9. The number of nitrogens with zero attached hydrogens (tertiary/aromatic N) is 2. The van der Waals surface area contributed by atoms with E-state index in [1.807, 2.05) is 51.1 Å². The fourth-order valence-electron chi connectivity index (χ4n) is 4.99. The van der Waals surface area contributed by atoms with Gasteiger partial charge in [0.1, 0.15) is 24.2 Å².